The van der Waals surface area contributed by atoms with Crippen molar-refractivity contribution in [1.29, 1.82) is 0 Å². The maximum absolute atomic E-state index is 4.61. The topological polar surface area (TPSA) is 24.9 Å². The highest BCUT2D eigenvalue weighted by Crippen LogP contribution is 2.27. The number of nitrogens with zero attached hydrogens (tertiary/aromatic N) is 1. The molecule has 0 spiro atoms. The molecule has 0 bridgehead atoms. The van der Waals surface area contributed by atoms with Crippen LogP contribution in [0.4, 0.5) is 0 Å². The highest BCUT2D eigenvalue weighted by atomic mass is 32.1. The SMILES string of the molecule is CCCC1CCC(NCc2csc(CC)n2)CC1. The van der Waals surface area contributed by atoms with Crippen LogP contribution in [-0.2, 0) is 13.0 Å². The van der Waals surface area contributed by atoms with Crippen LogP contribution in [0.5, 0.6) is 0 Å². The summed E-state index contributed by atoms with van der Waals surface area (Å²) in [4.78, 5) is 4.61. The van der Waals surface area contributed by atoms with E-state index in [1.54, 1.807) is 11.3 Å². The molecule has 0 aliphatic heterocycles. The minimum absolute atomic E-state index is 0.727. The van der Waals surface area contributed by atoms with Gasteiger partial charge in [0.1, 0.15) is 0 Å². The van der Waals surface area contributed by atoms with Crippen LogP contribution < -0.4 is 5.32 Å². The fourth-order valence-corrected chi connectivity index (χ4v) is 3.65. The highest BCUT2D eigenvalue weighted by molar-refractivity contribution is 7.09. The van der Waals surface area contributed by atoms with Gasteiger partial charge in [-0.15, -0.1) is 11.3 Å². The summed E-state index contributed by atoms with van der Waals surface area (Å²) in [7, 11) is 0. The molecule has 0 saturated heterocycles. The lowest BCUT2D eigenvalue weighted by molar-refractivity contribution is 0.277. The van der Waals surface area contributed by atoms with E-state index < -0.39 is 0 Å². The first-order chi connectivity index (χ1) is 8.81. The Labute approximate surface area is 115 Å². The molecular formula is C15H26N2S. The minimum atomic E-state index is 0.727. The van der Waals surface area contributed by atoms with Crippen LogP contribution in [-0.4, -0.2) is 11.0 Å². The predicted molar refractivity (Wildman–Crippen MR) is 79.0 cm³/mol. The average molecular weight is 266 g/mol. The van der Waals surface area contributed by atoms with E-state index in [1.165, 1.54) is 49.2 Å². The standard InChI is InChI=1S/C15H26N2S/c1-3-5-12-6-8-13(9-7-12)16-10-14-11-18-15(4-2)17-14/h11-13,16H,3-10H2,1-2H3. The third-order valence-corrected chi connectivity index (χ3v) is 5.06. The molecule has 3 heteroatoms. The molecule has 0 unspecified atom stereocenters. The summed E-state index contributed by atoms with van der Waals surface area (Å²) in [5, 5.41) is 7.15. The summed E-state index contributed by atoms with van der Waals surface area (Å²) in [5.41, 5.74) is 1.23. The Hall–Kier alpha value is -0.410. The number of aryl methyl sites for hydroxylation is 1. The lowest BCUT2D eigenvalue weighted by Crippen LogP contribution is -2.32. The Morgan fingerprint density at radius 3 is 2.67 bits per heavy atom. The van der Waals surface area contributed by atoms with Crippen molar-refractivity contribution in [1.82, 2.24) is 10.3 Å². The molecule has 0 aromatic carbocycles. The smallest absolute Gasteiger partial charge is 0.0926 e. The summed E-state index contributed by atoms with van der Waals surface area (Å²) < 4.78 is 0. The number of nitrogens with one attached hydrogen (secondary N) is 1. The van der Waals surface area contributed by atoms with Crippen molar-refractivity contribution in [3.63, 3.8) is 0 Å². The van der Waals surface area contributed by atoms with Crippen LogP contribution in [0.15, 0.2) is 5.38 Å². The van der Waals surface area contributed by atoms with Crippen LogP contribution in [0.25, 0.3) is 0 Å². The van der Waals surface area contributed by atoms with Gasteiger partial charge in [0.05, 0.1) is 10.7 Å². The van der Waals surface area contributed by atoms with E-state index in [0.29, 0.717) is 0 Å². The van der Waals surface area contributed by atoms with E-state index >= 15 is 0 Å². The molecule has 1 saturated carbocycles. The molecule has 0 atom stereocenters. The second-order valence-electron chi connectivity index (χ2n) is 5.47. The molecule has 18 heavy (non-hydrogen) atoms. The Morgan fingerprint density at radius 1 is 1.28 bits per heavy atom. The second-order valence-corrected chi connectivity index (χ2v) is 6.42. The van der Waals surface area contributed by atoms with Gasteiger partial charge in [-0.2, -0.15) is 0 Å². The zero-order chi connectivity index (χ0) is 12.8. The van der Waals surface area contributed by atoms with Crippen molar-refractivity contribution in [2.75, 3.05) is 0 Å². The Bertz CT molecular complexity index is 340. The van der Waals surface area contributed by atoms with Crippen molar-refractivity contribution < 1.29 is 0 Å². The summed E-state index contributed by atoms with van der Waals surface area (Å²) in [5.74, 6) is 0.999. The van der Waals surface area contributed by atoms with Crippen LogP contribution in [0, 0.1) is 5.92 Å². The van der Waals surface area contributed by atoms with Crippen LogP contribution in [0.2, 0.25) is 0 Å². The zero-order valence-corrected chi connectivity index (χ0v) is 12.6. The maximum atomic E-state index is 4.61. The minimum Gasteiger partial charge on any atom is -0.308 e. The number of thiazole rings is 1. The number of hydrogen-bond donors (Lipinski definition) is 1. The van der Waals surface area contributed by atoms with Crippen molar-refractivity contribution in [3.05, 3.63) is 16.1 Å². The fraction of sp³-hybridized carbons (Fsp3) is 0.800. The normalized spacial score (nSPS) is 24.3. The average Bonchev–Trinajstić information content (AvgIpc) is 2.86. The zero-order valence-electron chi connectivity index (χ0n) is 11.7. The molecule has 0 radical (unpaired) electrons. The van der Waals surface area contributed by atoms with Crippen molar-refractivity contribution in [2.45, 2.75) is 71.4 Å². The van der Waals surface area contributed by atoms with Gasteiger partial charge in [0, 0.05) is 18.0 Å². The number of aromatic nitrogens is 1. The molecule has 102 valence electrons. The van der Waals surface area contributed by atoms with E-state index in [2.05, 4.69) is 29.5 Å². The Morgan fingerprint density at radius 2 is 2.06 bits per heavy atom. The van der Waals surface area contributed by atoms with Gasteiger partial charge < -0.3 is 5.32 Å². The molecule has 2 rings (SSSR count). The van der Waals surface area contributed by atoms with E-state index in [4.69, 9.17) is 0 Å². The first kappa shape index (κ1) is 14.0. The van der Waals surface area contributed by atoms with Gasteiger partial charge in [-0.3, -0.25) is 0 Å². The molecular weight excluding hydrogens is 240 g/mol. The van der Waals surface area contributed by atoms with E-state index in [1.807, 2.05) is 0 Å². The lowest BCUT2D eigenvalue weighted by atomic mass is 9.83. The highest BCUT2D eigenvalue weighted by Gasteiger charge is 2.20. The molecule has 1 aromatic rings. The molecule has 1 aliphatic rings. The van der Waals surface area contributed by atoms with Crippen molar-refractivity contribution in [2.24, 2.45) is 5.92 Å². The van der Waals surface area contributed by atoms with Gasteiger partial charge >= 0.3 is 0 Å². The first-order valence-electron chi connectivity index (χ1n) is 7.48. The van der Waals surface area contributed by atoms with Gasteiger partial charge in [-0.05, 0) is 38.0 Å². The Balaban J connectivity index is 1.68. The van der Waals surface area contributed by atoms with Gasteiger partial charge in [-0.1, -0.05) is 26.7 Å². The van der Waals surface area contributed by atoms with Crippen LogP contribution in [0.1, 0.15) is 63.1 Å². The summed E-state index contributed by atoms with van der Waals surface area (Å²) in [6, 6.07) is 0.727. The fourth-order valence-electron chi connectivity index (χ4n) is 2.90. The Kier molecular flexibility index (Phi) is 5.64. The summed E-state index contributed by atoms with van der Waals surface area (Å²) in [6.07, 6.45) is 9.39. The lowest BCUT2D eigenvalue weighted by Gasteiger charge is -2.28. The van der Waals surface area contributed by atoms with E-state index in [0.717, 1.165) is 24.9 Å². The van der Waals surface area contributed by atoms with Gasteiger partial charge in [0.25, 0.3) is 0 Å². The molecule has 1 fully saturated rings. The van der Waals surface area contributed by atoms with Crippen LogP contribution in [0.3, 0.4) is 0 Å². The van der Waals surface area contributed by atoms with E-state index in [9.17, 15) is 0 Å². The molecule has 1 aromatic heterocycles. The van der Waals surface area contributed by atoms with E-state index in [-0.39, 0.29) is 0 Å². The molecule has 2 nitrogen and oxygen atoms in total. The second kappa shape index (κ2) is 7.25. The van der Waals surface area contributed by atoms with Crippen LogP contribution >= 0.6 is 11.3 Å². The van der Waals surface area contributed by atoms with Crippen molar-refractivity contribution >= 4 is 11.3 Å². The summed E-state index contributed by atoms with van der Waals surface area (Å²) >= 11 is 1.79. The number of hydrogen-bond acceptors (Lipinski definition) is 3. The first-order valence-corrected chi connectivity index (χ1v) is 8.36. The van der Waals surface area contributed by atoms with Crippen molar-refractivity contribution in [3.8, 4) is 0 Å². The predicted octanol–water partition coefficient (Wildman–Crippen LogP) is 4.15. The molecule has 1 heterocycles. The monoisotopic (exact) mass is 266 g/mol. The molecule has 0 amide bonds. The molecule has 1 aliphatic carbocycles. The quantitative estimate of drug-likeness (QED) is 0.836. The third kappa shape index (κ3) is 4.06. The molecule has 1 N–H and O–H groups in total. The van der Waals surface area contributed by atoms with Gasteiger partial charge in [0.2, 0.25) is 0 Å². The van der Waals surface area contributed by atoms with Gasteiger partial charge in [0.15, 0.2) is 0 Å². The maximum Gasteiger partial charge on any atom is 0.0926 e. The van der Waals surface area contributed by atoms with Gasteiger partial charge in [-0.25, -0.2) is 4.98 Å². The third-order valence-electron chi connectivity index (χ3n) is 4.02. The largest absolute Gasteiger partial charge is 0.308 e. The summed E-state index contributed by atoms with van der Waals surface area (Å²) in [6.45, 7) is 5.43. The number of rotatable bonds is 6.